The van der Waals surface area contributed by atoms with E-state index in [4.69, 9.17) is 4.42 Å². The van der Waals surface area contributed by atoms with Crippen LogP contribution >= 0.6 is 0 Å². The minimum atomic E-state index is -0.0400. The highest BCUT2D eigenvalue weighted by atomic mass is 16.3. The van der Waals surface area contributed by atoms with Crippen molar-refractivity contribution in [3.8, 4) is 0 Å². The summed E-state index contributed by atoms with van der Waals surface area (Å²) < 4.78 is 5.45. The molecule has 0 aliphatic heterocycles. The normalized spacial score (nSPS) is 15.8. The van der Waals surface area contributed by atoms with Crippen molar-refractivity contribution >= 4 is 5.91 Å². The number of aryl methyl sites for hydroxylation is 3. The zero-order valence-corrected chi connectivity index (χ0v) is 12.8. The van der Waals surface area contributed by atoms with Crippen LogP contribution < -0.4 is 5.32 Å². The average Bonchev–Trinajstić information content (AvgIpc) is 3.22. The van der Waals surface area contributed by atoms with Crippen LogP contribution in [0.2, 0.25) is 0 Å². The third kappa shape index (κ3) is 3.02. The first-order valence-corrected chi connectivity index (χ1v) is 7.49. The Kier molecular flexibility index (Phi) is 3.58. The van der Waals surface area contributed by atoms with Gasteiger partial charge in [-0.25, -0.2) is 0 Å². The van der Waals surface area contributed by atoms with Gasteiger partial charge in [-0.1, -0.05) is 29.8 Å². The van der Waals surface area contributed by atoms with Crippen LogP contribution in [-0.2, 0) is 0 Å². The van der Waals surface area contributed by atoms with E-state index in [1.807, 2.05) is 19.9 Å². The number of carbonyl (C=O) groups is 1. The minimum Gasteiger partial charge on any atom is -0.466 e. The number of nitrogens with one attached hydrogen (secondary N) is 1. The maximum Gasteiger partial charge on any atom is 0.255 e. The van der Waals surface area contributed by atoms with Gasteiger partial charge in [-0.15, -0.1) is 0 Å². The number of carbonyl (C=O) groups excluding carboxylic acids is 1. The molecule has 21 heavy (non-hydrogen) atoms. The summed E-state index contributed by atoms with van der Waals surface area (Å²) in [6.45, 7) is 5.77. The summed E-state index contributed by atoms with van der Waals surface area (Å²) in [5.74, 6) is 1.98. The monoisotopic (exact) mass is 283 g/mol. The van der Waals surface area contributed by atoms with Gasteiger partial charge in [0, 0.05) is 0 Å². The molecule has 1 aliphatic carbocycles. The molecule has 0 saturated heterocycles. The molecule has 0 radical (unpaired) electrons. The van der Waals surface area contributed by atoms with Crippen LogP contribution in [0.25, 0.3) is 0 Å². The molecule has 1 aromatic heterocycles. The van der Waals surface area contributed by atoms with Crippen LogP contribution in [0.5, 0.6) is 0 Å². The van der Waals surface area contributed by atoms with E-state index in [1.54, 1.807) is 0 Å². The minimum absolute atomic E-state index is 0.0400. The second-order valence-electron chi connectivity index (χ2n) is 6.03. The maximum atomic E-state index is 12.5. The van der Waals surface area contributed by atoms with E-state index < -0.39 is 0 Å². The lowest BCUT2D eigenvalue weighted by Crippen LogP contribution is -2.30. The van der Waals surface area contributed by atoms with Crippen molar-refractivity contribution in [2.24, 2.45) is 5.92 Å². The Morgan fingerprint density at radius 2 is 1.86 bits per heavy atom. The van der Waals surface area contributed by atoms with Gasteiger partial charge in [0.05, 0.1) is 11.6 Å². The quantitative estimate of drug-likeness (QED) is 0.918. The Morgan fingerprint density at radius 1 is 1.19 bits per heavy atom. The molecule has 1 N–H and O–H groups in total. The predicted octanol–water partition coefficient (Wildman–Crippen LogP) is 4.09. The van der Waals surface area contributed by atoms with Crippen molar-refractivity contribution in [3.63, 3.8) is 0 Å². The number of hydrogen-bond acceptors (Lipinski definition) is 2. The molecule has 1 atom stereocenters. The van der Waals surface area contributed by atoms with Crippen molar-refractivity contribution in [2.45, 2.75) is 39.7 Å². The number of rotatable bonds is 4. The molecule has 0 spiro atoms. The predicted molar refractivity (Wildman–Crippen MR) is 82.3 cm³/mol. The van der Waals surface area contributed by atoms with E-state index in [0.29, 0.717) is 17.2 Å². The molecular formula is C18H21NO2. The van der Waals surface area contributed by atoms with Crippen molar-refractivity contribution in [3.05, 3.63) is 58.5 Å². The van der Waals surface area contributed by atoms with Gasteiger partial charge in [-0.05, 0) is 51.2 Å². The molecule has 1 amide bonds. The Balaban J connectivity index is 1.81. The standard InChI is InChI=1S/C18H21NO2/c1-11-4-6-14(7-5-11)17(15-8-9-15)19-18(20)16-10-12(2)21-13(16)3/h4-7,10,15,17H,8-9H2,1-3H3,(H,19,20)/t17-/m0/s1. The van der Waals surface area contributed by atoms with Crippen molar-refractivity contribution in [1.29, 1.82) is 0 Å². The van der Waals surface area contributed by atoms with Gasteiger partial charge in [0.25, 0.3) is 5.91 Å². The van der Waals surface area contributed by atoms with Crippen LogP contribution in [0.15, 0.2) is 34.7 Å². The lowest BCUT2D eigenvalue weighted by atomic mass is 10.0. The Morgan fingerprint density at radius 3 is 2.38 bits per heavy atom. The fourth-order valence-electron chi connectivity index (χ4n) is 2.75. The van der Waals surface area contributed by atoms with E-state index in [1.165, 1.54) is 24.0 Å². The van der Waals surface area contributed by atoms with Crippen molar-refractivity contribution in [1.82, 2.24) is 5.32 Å². The number of furan rings is 1. The topological polar surface area (TPSA) is 42.2 Å². The summed E-state index contributed by atoms with van der Waals surface area (Å²) in [4.78, 5) is 12.5. The Labute approximate surface area is 125 Å². The first kappa shape index (κ1) is 13.9. The second kappa shape index (κ2) is 5.40. The van der Waals surface area contributed by atoms with Crippen molar-refractivity contribution in [2.75, 3.05) is 0 Å². The summed E-state index contributed by atoms with van der Waals surface area (Å²) in [7, 11) is 0. The third-order valence-electron chi connectivity index (χ3n) is 4.10. The van der Waals surface area contributed by atoms with Gasteiger partial charge in [0.1, 0.15) is 11.5 Å². The molecule has 110 valence electrons. The maximum absolute atomic E-state index is 12.5. The summed E-state index contributed by atoms with van der Waals surface area (Å²) in [6, 6.07) is 10.4. The molecular weight excluding hydrogens is 262 g/mol. The molecule has 3 heteroatoms. The lowest BCUT2D eigenvalue weighted by Gasteiger charge is -2.19. The van der Waals surface area contributed by atoms with Crippen molar-refractivity contribution < 1.29 is 9.21 Å². The van der Waals surface area contributed by atoms with Gasteiger partial charge in [-0.3, -0.25) is 4.79 Å². The first-order chi connectivity index (χ1) is 10.0. The third-order valence-corrected chi connectivity index (χ3v) is 4.10. The highest BCUT2D eigenvalue weighted by Gasteiger charge is 2.34. The molecule has 0 unspecified atom stereocenters. The summed E-state index contributed by atoms with van der Waals surface area (Å²) in [6.07, 6.45) is 2.37. The van der Waals surface area contributed by atoms with Gasteiger partial charge in [0.15, 0.2) is 0 Å². The zero-order valence-electron chi connectivity index (χ0n) is 12.8. The van der Waals surface area contributed by atoms with Crippen LogP contribution in [0.3, 0.4) is 0 Å². The molecule has 3 rings (SSSR count). The smallest absolute Gasteiger partial charge is 0.255 e. The number of amides is 1. The molecule has 1 heterocycles. The lowest BCUT2D eigenvalue weighted by molar-refractivity contribution is 0.0930. The van der Waals surface area contributed by atoms with Crippen LogP contribution in [0.4, 0.5) is 0 Å². The first-order valence-electron chi connectivity index (χ1n) is 7.49. The zero-order chi connectivity index (χ0) is 15.0. The van der Waals surface area contributed by atoms with Crippen LogP contribution in [0, 0.1) is 26.7 Å². The molecule has 3 nitrogen and oxygen atoms in total. The fraction of sp³-hybridized carbons (Fsp3) is 0.389. The summed E-state index contributed by atoms with van der Waals surface area (Å²) in [5.41, 5.74) is 3.07. The largest absolute Gasteiger partial charge is 0.466 e. The molecule has 1 saturated carbocycles. The number of benzene rings is 1. The van der Waals surface area contributed by atoms with E-state index in [9.17, 15) is 4.79 Å². The van der Waals surface area contributed by atoms with E-state index in [0.717, 1.165) is 5.76 Å². The van der Waals surface area contributed by atoms with Gasteiger partial charge < -0.3 is 9.73 Å². The molecule has 2 aromatic rings. The number of hydrogen-bond donors (Lipinski definition) is 1. The Hall–Kier alpha value is -2.03. The molecule has 1 aromatic carbocycles. The average molecular weight is 283 g/mol. The highest BCUT2D eigenvalue weighted by Crippen LogP contribution is 2.41. The second-order valence-corrected chi connectivity index (χ2v) is 6.03. The SMILES string of the molecule is Cc1ccc([C@H](NC(=O)c2cc(C)oc2C)C2CC2)cc1. The van der Waals surface area contributed by atoms with E-state index >= 15 is 0 Å². The molecule has 1 fully saturated rings. The fourth-order valence-corrected chi connectivity index (χ4v) is 2.75. The van der Waals surface area contributed by atoms with Gasteiger partial charge >= 0.3 is 0 Å². The van der Waals surface area contributed by atoms with E-state index in [-0.39, 0.29) is 11.9 Å². The van der Waals surface area contributed by atoms with Crippen LogP contribution in [0.1, 0.15) is 51.9 Å². The summed E-state index contributed by atoms with van der Waals surface area (Å²) >= 11 is 0. The summed E-state index contributed by atoms with van der Waals surface area (Å²) in [5, 5.41) is 3.19. The van der Waals surface area contributed by atoms with Gasteiger partial charge in [0.2, 0.25) is 0 Å². The van der Waals surface area contributed by atoms with Crippen LogP contribution in [-0.4, -0.2) is 5.91 Å². The van der Waals surface area contributed by atoms with Gasteiger partial charge in [-0.2, -0.15) is 0 Å². The molecule has 0 bridgehead atoms. The highest BCUT2D eigenvalue weighted by molar-refractivity contribution is 5.95. The molecule has 1 aliphatic rings. The van der Waals surface area contributed by atoms with E-state index in [2.05, 4.69) is 36.5 Å². The Bertz CT molecular complexity index is 650.